The summed E-state index contributed by atoms with van der Waals surface area (Å²) in [5.41, 5.74) is 0. The summed E-state index contributed by atoms with van der Waals surface area (Å²) in [6, 6.07) is 0. The second-order valence-electron chi connectivity index (χ2n) is 2.71. The summed E-state index contributed by atoms with van der Waals surface area (Å²) in [7, 11) is 0. The minimum absolute atomic E-state index is 0.155. The third-order valence-electron chi connectivity index (χ3n) is 1.82. The minimum Gasteiger partial charge on any atom is -0.381 e. The summed E-state index contributed by atoms with van der Waals surface area (Å²) in [5, 5.41) is 1.66. The Balaban J connectivity index is 2.14. The van der Waals surface area contributed by atoms with Crippen molar-refractivity contribution in [3.8, 4) is 0 Å². The summed E-state index contributed by atoms with van der Waals surface area (Å²) in [5.74, 6) is 1.84. The van der Waals surface area contributed by atoms with E-state index in [1.54, 1.807) is 17.1 Å². The Hall–Kier alpha value is 0.0700. The first-order chi connectivity index (χ1) is 5.84. The Bertz CT molecular complexity index is 164. The molecule has 0 saturated carbocycles. The van der Waals surface area contributed by atoms with E-state index in [2.05, 4.69) is 12.2 Å². The molecule has 0 radical (unpaired) electrons. The number of rotatable bonds is 5. The molecule has 1 aliphatic heterocycles. The van der Waals surface area contributed by atoms with Gasteiger partial charge < -0.3 is 4.74 Å². The highest BCUT2D eigenvalue weighted by Crippen LogP contribution is 2.15. The van der Waals surface area contributed by atoms with Crippen LogP contribution in [0.4, 0.5) is 0 Å². The standard InChI is InChI=1S/C8H12O2S2/c9-8(6-12-4-3-11)7-1-2-10-5-7/h3,7H,1-2,4-6H2. The van der Waals surface area contributed by atoms with E-state index in [1.165, 1.54) is 0 Å². The van der Waals surface area contributed by atoms with Gasteiger partial charge in [0.1, 0.15) is 5.78 Å². The molecule has 2 nitrogen and oxygen atoms in total. The van der Waals surface area contributed by atoms with E-state index in [0.717, 1.165) is 18.8 Å². The van der Waals surface area contributed by atoms with Crippen LogP contribution in [0, 0.1) is 5.92 Å². The minimum atomic E-state index is 0.155. The van der Waals surface area contributed by atoms with Crippen molar-refractivity contribution in [1.82, 2.24) is 0 Å². The number of ether oxygens (including phenoxy) is 1. The predicted octanol–water partition coefficient (Wildman–Crippen LogP) is 1.32. The van der Waals surface area contributed by atoms with Crippen molar-refractivity contribution in [2.24, 2.45) is 5.92 Å². The lowest BCUT2D eigenvalue weighted by molar-refractivity contribution is -0.120. The van der Waals surface area contributed by atoms with Crippen LogP contribution in [0.15, 0.2) is 0 Å². The number of carbonyl (C=O) groups is 1. The van der Waals surface area contributed by atoms with E-state index in [9.17, 15) is 4.79 Å². The molecule has 1 unspecified atom stereocenters. The zero-order valence-corrected chi connectivity index (χ0v) is 8.46. The fourth-order valence-corrected chi connectivity index (χ4v) is 2.05. The number of thioether (sulfide) groups is 1. The highest BCUT2D eigenvalue weighted by molar-refractivity contribution is 8.01. The van der Waals surface area contributed by atoms with E-state index in [-0.39, 0.29) is 5.92 Å². The van der Waals surface area contributed by atoms with Gasteiger partial charge in [0, 0.05) is 18.3 Å². The Labute approximate surface area is 82.0 Å². The van der Waals surface area contributed by atoms with Crippen LogP contribution in [0.2, 0.25) is 0 Å². The molecular formula is C8H12O2S2. The van der Waals surface area contributed by atoms with Gasteiger partial charge in [0.2, 0.25) is 0 Å². The monoisotopic (exact) mass is 204 g/mol. The van der Waals surface area contributed by atoms with E-state index in [0.29, 0.717) is 18.1 Å². The Morgan fingerprint density at radius 3 is 3.17 bits per heavy atom. The molecule has 68 valence electrons. The third-order valence-corrected chi connectivity index (χ3v) is 3.08. The summed E-state index contributed by atoms with van der Waals surface area (Å²) in [4.78, 5) is 11.4. The molecule has 0 aliphatic carbocycles. The first-order valence-electron chi connectivity index (χ1n) is 3.96. The van der Waals surface area contributed by atoms with Crippen LogP contribution in [0.25, 0.3) is 0 Å². The second kappa shape index (κ2) is 5.67. The molecule has 1 aliphatic rings. The van der Waals surface area contributed by atoms with Crippen LogP contribution in [0.1, 0.15) is 6.42 Å². The van der Waals surface area contributed by atoms with E-state index >= 15 is 0 Å². The number of hydrogen-bond donors (Lipinski definition) is 0. The van der Waals surface area contributed by atoms with Crippen LogP contribution >= 0.6 is 24.0 Å². The largest absolute Gasteiger partial charge is 0.381 e. The van der Waals surface area contributed by atoms with Gasteiger partial charge in [0.25, 0.3) is 0 Å². The van der Waals surface area contributed by atoms with Gasteiger partial charge in [0.15, 0.2) is 0 Å². The Kier molecular flexibility index (Phi) is 4.80. The molecule has 1 heterocycles. The fourth-order valence-electron chi connectivity index (χ4n) is 1.11. The first kappa shape index (κ1) is 10.2. The highest BCUT2D eigenvalue weighted by Gasteiger charge is 2.22. The fraction of sp³-hybridized carbons (Fsp3) is 0.750. The molecule has 1 fully saturated rings. The Morgan fingerprint density at radius 2 is 2.58 bits per heavy atom. The molecule has 0 aromatic rings. The maximum absolute atomic E-state index is 11.4. The molecule has 0 aromatic carbocycles. The lowest BCUT2D eigenvalue weighted by Crippen LogP contribution is -2.16. The van der Waals surface area contributed by atoms with Crippen molar-refractivity contribution in [3.05, 3.63) is 0 Å². The molecule has 0 N–H and O–H groups in total. The van der Waals surface area contributed by atoms with Crippen molar-refractivity contribution in [3.63, 3.8) is 0 Å². The first-order valence-corrected chi connectivity index (χ1v) is 5.59. The lowest BCUT2D eigenvalue weighted by atomic mass is 10.1. The van der Waals surface area contributed by atoms with Gasteiger partial charge >= 0.3 is 0 Å². The average Bonchev–Trinajstić information content (AvgIpc) is 2.56. The highest BCUT2D eigenvalue weighted by atomic mass is 32.2. The number of ketones is 1. The van der Waals surface area contributed by atoms with Gasteiger partial charge in [-0.15, -0.1) is 11.8 Å². The Morgan fingerprint density at radius 1 is 1.75 bits per heavy atom. The van der Waals surface area contributed by atoms with Gasteiger partial charge in [-0.1, -0.05) is 12.2 Å². The van der Waals surface area contributed by atoms with Gasteiger partial charge in [-0.2, -0.15) is 0 Å². The topological polar surface area (TPSA) is 26.3 Å². The molecule has 1 atom stereocenters. The van der Waals surface area contributed by atoms with Crippen LogP contribution in [-0.4, -0.2) is 35.9 Å². The summed E-state index contributed by atoms with van der Waals surface area (Å²) in [6.45, 7) is 1.37. The van der Waals surface area contributed by atoms with Crippen molar-refractivity contribution < 1.29 is 9.53 Å². The molecule has 0 amide bonds. The van der Waals surface area contributed by atoms with Gasteiger partial charge in [-0.3, -0.25) is 4.79 Å². The maximum Gasteiger partial charge on any atom is 0.148 e. The summed E-state index contributed by atoms with van der Waals surface area (Å²) >= 11 is 6.24. The van der Waals surface area contributed by atoms with Crippen LogP contribution in [0.3, 0.4) is 0 Å². The molecule has 4 heteroatoms. The molecule has 0 aromatic heterocycles. The normalized spacial score (nSPS) is 22.5. The van der Waals surface area contributed by atoms with Crippen molar-refractivity contribution >= 4 is 35.1 Å². The zero-order chi connectivity index (χ0) is 8.81. The quantitative estimate of drug-likeness (QED) is 0.498. The van der Waals surface area contributed by atoms with E-state index in [1.807, 2.05) is 0 Å². The molecule has 0 bridgehead atoms. The number of thiocarbonyl (C=S) groups is 1. The number of carbonyl (C=O) groups excluding carboxylic acids is 1. The number of hydrogen-bond acceptors (Lipinski definition) is 4. The van der Waals surface area contributed by atoms with Crippen LogP contribution in [-0.2, 0) is 9.53 Å². The van der Waals surface area contributed by atoms with Crippen LogP contribution in [0.5, 0.6) is 0 Å². The van der Waals surface area contributed by atoms with Crippen molar-refractivity contribution in [2.75, 3.05) is 24.7 Å². The zero-order valence-electron chi connectivity index (χ0n) is 6.82. The lowest BCUT2D eigenvalue weighted by Gasteiger charge is -2.04. The smallest absolute Gasteiger partial charge is 0.148 e. The summed E-state index contributed by atoms with van der Waals surface area (Å²) < 4.78 is 5.13. The van der Waals surface area contributed by atoms with Crippen molar-refractivity contribution in [2.45, 2.75) is 6.42 Å². The van der Waals surface area contributed by atoms with E-state index < -0.39 is 0 Å². The van der Waals surface area contributed by atoms with E-state index in [4.69, 9.17) is 4.74 Å². The predicted molar refractivity (Wildman–Crippen MR) is 54.9 cm³/mol. The van der Waals surface area contributed by atoms with Crippen molar-refractivity contribution in [1.29, 1.82) is 0 Å². The molecule has 0 spiro atoms. The van der Waals surface area contributed by atoms with Gasteiger partial charge in [-0.05, 0) is 11.8 Å². The third kappa shape index (κ3) is 3.21. The SMILES string of the molecule is O=C(CSCC=S)C1CCOC1. The molecule has 12 heavy (non-hydrogen) atoms. The van der Waals surface area contributed by atoms with Crippen LogP contribution < -0.4 is 0 Å². The maximum atomic E-state index is 11.4. The second-order valence-corrected chi connectivity index (χ2v) is 4.07. The van der Waals surface area contributed by atoms with Gasteiger partial charge in [-0.25, -0.2) is 0 Å². The molecule has 1 rings (SSSR count). The molecular weight excluding hydrogens is 192 g/mol. The average molecular weight is 204 g/mol. The van der Waals surface area contributed by atoms with Gasteiger partial charge in [0.05, 0.1) is 12.4 Å². The summed E-state index contributed by atoms with van der Waals surface area (Å²) in [6.07, 6.45) is 0.900. The molecule has 1 saturated heterocycles. The number of Topliss-reactive ketones (excluding diaryl/α,β-unsaturated/α-hetero) is 1.